The van der Waals surface area contributed by atoms with Crippen LogP contribution in [0.3, 0.4) is 0 Å². The highest BCUT2D eigenvalue weighted by molar-refractivity contribution is 7.91. The van der Waals surface area contributed by atoms with Crippen LogP contribution in [0.25, 0.3) is 22.0 Å². The van der Waals surface area contributed by atoms with Crippen molar-refractivity contribution in [1.82, 2.24) is 14.9 Å². The Morgan fingerprint density at radius 3 is 2.41 bits per heavy atom. The Hall–Kier alpha value is -3.85. The number of aromatic amines is 1. The van der Waals surface area contributed by atoms with Crippen molar-refractivity contribution in [2.24, 2.45) is 7.05 Å². The molecule has 37 heavy (non-hydrogen) atoms. The van der Waals surface area contributed by atoms with Crippen molar-refractivity contribution < 1.29 is 13.2 Å². The summed E-state index contributed by atoms with van der Waals surface area (Å²) in [6, 6.07) is 16.7. The number of aromatic nitrogens is 2. The lowest BCUT2D eigenvalue weighted by atomic mass is 9.99. The molecule has 0 aliphatic rings. The van der Waals surface area contributed by atoms with E-state index < -0.39 is 9.84 Å². The highest BCUT2D eigenvalue weighted by Crippen LogP contribution is 2.37. The van der Waals surface area contributed by atoms with Crippen LogP contribution in [-0.2, 0) is 16.9 Å². The van der Waals surface area contributed by atoms with E-state index in [4.69, 9.17) is 0 Å². The number of pyridine rings is 1. The molecule has 0 radical (unpaired) electrons. The lowest BCUT2D eigenvalue weighted by Gasteiger charge is -2.22. The predicted octanol–water partition coefficient (Wildman–Crippen LogP) is 4.64. The number of benzene rings is 2. The van der Waals surface area contributed by atoms with Crippen molar-refractivity contribution in [3.8, 4) is 11.1 Å². The molecular formula is C28H32N4O4S. The van der Waals surface area contributed by atoms with Gasteiger partial charge in [0.25, 0.3) is 11.5 Å². The normalized spacial score (nSPS) is 12.4. The Morgan fingerprint density at radius 1 is 1.03 bits per heavy atom. The van der Waals surface area contributed by atoms with Crippen LogP contribution in [0.1, 0.15) is 49.3 Å². The van der Waals surface area contributed by atoms with Gasteiger partial charge in [-0.15, -0.1) is 0 Å². The van der Waals surface area contributed by atoms with Gasteiger partial charge in [0.05, 0.1) is 16.7 Å². The van der Waals surface area contributed by atoms with Gasteiger partial charge in [-0.25, -0.2) is 8.42 Å². The number of hydrogen-bond donors (Lipinski definition) is 3. The molecule has 3 N–H and O–H groups in total. The Morgan fingerprint density at radius 2 is 1.76 bits per heavy atom. The summed E-state index contributed by atoms with van der Waals surface area (Å²) in [6.45, 7) is 5.95. The van der Waals surface area contributed by atoms with Gasteiger partial charge in [0.15, 0.2) is 9.84 Å². The highest BCUT2D eigenvalue weighted by atomic mass is 32.2. The van der Waals surface area contributed by atoms with Gasteiger partial charge in [0.2, 0.25) is 0 Å². The van der Waals surface area contributed by atoms with Crippen molar-refractivity contribution >= 4 is 32.3 Å². The number of fused-ring (bicyclic) bond motifs is 1. The first-order chi connectivity index (χ1) is 17.7. The van der Waals surface area contributed by atoms with E-state index in [1.54, 1.807) is 44.4 Å². The molecule has 0 fully saturated rings. The summed E-state index contributed by atoms with van der Waals surface area (Å²) in [4.78, 5) is 28.7. The van der Waals surface area contributed by atoms with Gasteiger partial charge in [-0.05, 0) is 43.2 Å². The Bertz CT molecular complexity index is 1600. The molecular weight excluding hydrogens is 488 g/mol. The summed E-state index contributed by atoms with van der Waals surface area (Å²) >= 11 is 0. The molecule has 8 nitrogen and oxygen atoms in total. The maximum atomic E-state index is 13.0. The molecule has 9 heteroatoms. The van der Waals surface area contributed by atoms with Crippen LogP contribution < -0.4 is 16.2 Å². The number of rotatable bonds is 9. The number of anilines is 1. The number of nitrogens with one attached hydrogen (secondary N) is 3. The summed E-state index contributed by atoms with van der Waals surface area (Å²) in [5.41, 5.74) is 3.37. The van der Waals surface area contributed by atoms with Crippen LogP contribution >= 0.6 is 0 Å². The van der Waals surface area contributed by atoms with E-state index >= 15 is 0 Å². The van der Waals surface area contributed by atoms with Crippen LogP contribution in [0.15, 0.2) is 70.5 Å². The van der Waals surface area contributed by atoms with E-state index in [2.05, 4.69) is 22.5 Å². The average Bonchev–Trinajstić information content (AvgIpc) is 3.36. The summed E-state index contributed by atoms with van der Waals surface area (Å²) in [7, 11) is -1.85. The van der Waals surface area contributed by atoms with Gasteiger partial charge in [0, 0.05) is 42.0 Å². The fourth-order valence-corrected chi connectivity index (χ4v) is 5.36. The average molecular weight is 521 g/mol. The number of aryl methyl sites for hydroxylation is 1. The first kappa shape index (κ1) is 26.2. The minimum atomic E-state index is -3.49. The zero-order valence-electron chi connectivity index (χ0n) is 21.5. The van der Waals surface area contributed by atoms with Gasteiger partial charge < -0.3 is 20.2 Å². The zero-order valence-corrected chi connectivity index (χ0v) is 22.3. The van der Waals surface area contributed by atoms with Gasteiger partial charge in [0.1, 0.15) is 11.2 Å². The van der Waals surface area contributed by atoms with Gasteiger partial charge >= 0.3 is 0 Å². The molecule has 2 aromatic heterocycles. The quantitative estimate of drug-likeness (QED) is 0.298. The van der Waals surface area contributed by atoms with Crippen LogP contribution in [0.4, 0.5) is 5.69 Å². The van der Waals surface area contributed by atoms with Crippen molar-refractivity contribution in [3.63, 3.8) is 0 Å². The van der Waals surface area contributed by atoms with Crippen molar-refractivity contribution in [2.75, 3.05) is 17.6 Å². The fraction of sp³-hybridized carbons (Fsp3) is 0.286. The van der Waals surface area contributed by atoms with Gasteiger partial charge in [-0.3, -0.25) is 9.59 Å². The highest BCUT2D eigenvalue weighted by Gasteiger charge is 2.21. The van der Waals surface area contributed by atoms with E-state index in [0.29, 0.717) is 23.1 Å². The largest absolute Gasteiger partial charge is 0.378 e. The lowest BCUT2D eigenvalue weighted by molar-refractivity contribution is 0.0951. The molecule has 0 saturated heterocycles. The number of sulfone groups is 1. The number of H-pyrrole nitrogens is 1. The topological polar surface area (TPSA) is 113 Å². The van der Waals surface area contributed by atoms with E-state index in [9.17, 15) is 18.0 Å². The van der Waals surface area contributed by atoms with Crippen molar-refractivity contribution in [3.05, 3.63) is 82.4 Å². The molecule has 0 saturated carbocycles. The van der Waals surface area contributed by atoms with Crippen LogP contribution in [-0.4, -0.2) is 36.2 Å². The third kappa shape index (κ3) is 5.17. The van der Waals surface area contributed by atoms with Gasteiger partial charge in [-0.2, -0.15) is 0 Å². The van der Waals surface area contributed by atoms with Gasteiger partial charge in [-0.1, -0.05) is 44.2 Å². The molecule has 0 bridgehead atoms. The zero-order chi connectivity index (χ0) is 26.7. The maximum Gasteiger partial charge on any atom is 0.274 e. The fourth-order valence-electron chi connectivity index (χ4n) is 4.45. The molecule has 4 aromatic rings. The van der Waals surface area contributed by atoms with E-state index in [1.165, 1.54) is 4.57 Å². The first-order valence-corrected chi connectivity index (χ1v) is 14.0. The number of carbonyl (C=O) groups excluding carboxylic acids is 1. The summed E-state index contributed by atoms with van der Waals surface area (Å²) < 4.78 is 27.1. The van der Waals surface area contributed by atoms with Crippen LogP contribution in [0.2, 0.25) is 0 Å². The number of amides is 1. The minimum Gasteiger partial charge on any atom is -0.378 e. The molecule has 0 aliphatic heterocycles. The Kier molecular flexibility index (Phi) is 7.54. The number of carbonyl (C=O) groups is 1. The van der Waals surface area contributed by atoms with Crippen LogP contribution in [0.5, 0.6) is 0 Å². The second-order valence-corrected chi connectivity index (χ2v) is 11.2. The summed E-state index contributed by atoms with van der Waals surface area (Å²) in [6.07, 6.45) is 2.49. The molecule has 2 aromatic carbocycles. The summed E-state index contributed by atoms with van der Waals surface area (Å²) in [5, 5.41) is 6.88. The van der Waals surface area contributed by atoms with Crippen molar-refractivity contribution in [1.29, 1.82) is 0 Å². The molecule has 0 aliphatic carbocycles. The number of nitrogens with zero attached hydrogens (tertiary/aromatic N) is 1. The third-order valence-electron chi connectivity index (χ3n) is 6.51. The Balaban J connectivity index is 1.97. The first-order valence-electron chi connectivity index (χ1n) is 12.4. The maximum absolute atomic E-state index is 13.0. The molecule has 1 atom stereocenters. The van der Waals surface area contributed by atoms with E-state index in [0.717, 1.165) is 17.7 Å². The molecule has 194 valence electrons. The standard InChI is InChI=1S/C28H32N4O4S/c1-5-23(18-11-9-8-10-12-18)30-24-14-13-19(37(35,36)7-3)15-20(24)22-17-32(4)28(34)26-21(22)16-25(31-26)27(33)29-6-2/h8-17,23,30-31H,5-7H2,1-4H3,(H,29,33). The lowest BCUT2D eigenvalue weighted by Crippen LogP contribution is -2.23. The molecule has 2 heterocycles. The van der Waals surface area contributed by atoms with Crippen LogP contribution in [0, 0.1) is 0 Å². The summed E-state index contributed by atoms with van der Waals surface area (Å²) in [5.74, 6) is -0.350. The smallest absolute Gasteiger partial charge is 0.274 e. The second-order valence-electron chi connectivity index (χ2n) is 8.92. The molecule has 0 spiro atoms. The minimum absolute atomic E-state index is 0.0197. The third-order valence-corrected chi connectivity index (χ3v) is 8.24. The van der Waals surface area contributed by atoms with E-state index in [-0.39, 0.29) is 39.4 Å². The monoisotopic (exact) mass is 520 g/mol. The molecule has 4 rings (SSSR count). The molecule has 1 unspecified atom stereocenters. The SMILES string of the molecule is CCNC(=O)c1cc2c(-c3cc(S(=O)(=O)CC)ccc3NC(CC)c3ccccc3)cn(C)c(=O)c2[nH]1. The number of hydrogen-bond acceptors (Lipinski definition) is 5. The Labute approximate surface area is 216 Å². The predicted molar refractivity (Wildman–Crippen MR) is 148 cm³/mol. The van der Waals surface area contributed by atoms with E-state index in [1.807, 2.05) is 37.3 Å². The molecule has 1 amide bonds. The van der Waals surface area contributed by atoms with Crippen molar-refractivity contribution in [2.45, 2.75) is 38.1 Å². The second kappa shape index (κ2) is 10.6.